The number of esters is 1. The second-order valence-corrected chi connectivity index (χ2v) is 5.18. The van der Waals surface area contributed by atoms with Crippen molar-refractivity contribution >= 4 is 22.6 Å². The molecule has 0 aliphatic heterocycles. The summed E-state index contributed by atoms with van der Waals surface area (Å²) >= 11 is 0. The summed E-state index contributed by atoms with van der Waals surface area (Å²) < 4.78 is 38.2. The highest BCUT2D eigenvalue weighted by Crippen LogP contribution is 2.36. The van der Waals surface area contributed by atoms with Gasteiger partial charge in [-0.25, -0.2) is 13.6 Å². The average Bonchev–Trinajstić information content (AvgIpc) is 3.07. The van der Waals surface area contributed by atoms with Crippen molar-refractivity contribution in [1.29, 1.82) is 0 Å². The first-order chi connectivity index (χ1) is 12.0. The van der Waals surface area contributed by atoms with Crippen LogP contribution in [0.25, 0.3) is 15.7 Å². The molecule has 126 valence electrons. The minimum atomic E-state index is -0.696. The van der Waals surface area contributed by atoms with Gasteiger partial charge in [-0.1, -0.05) is 0 Å². The molecular formula is C18H12F2N2O3. The number of aromatic amines is 1. The Balaban J connectivity index is 2.11. The van der Waals surface area contributed by atoms with Crippen LogP contribution >= 0.6 is 0 Å². The lowest BCUT2D eigenvalue weighted by Gasteiger charge is -2.13. The van der Waals surface area contributed by atoms with Crippen LogP contribution in [-0.4, -0.2) is 18.1 Å². The number of ether oxygens (including phenoxy) is 2. The van der Waals surface area contributed by atoms with Gasteiger partial charge < -0.3 is 14.5 Å². The molecule has 25 heavy (non-hydrogen) atoms. The fourth-order valence-corrected chi connectivity index (χ4v) is 2.49. The summed E-state index contributed by atoms with van der Waals surface area (Å²) in [4.78, 5) is 17.6. The van der Waals surface area contributed by atoms with Crippen molar-refractivity contribution in [3.8, 4) is 11.5 Å². The van der Waals surface area contributed by atoms with E-state index in [0.717, 1.165) is 6.07 Å². The molecule has 0 bridgehead atoms. The van der Waals surface area contributed by atoms with Crippen molar-refractivity contribution in [2.45, 2.75) is 6.42 Å². The zero-order valence-electron chi connectivity index (χ0n) is 13.1. The first kappa shape index (κ1) is 16.5. The summed E-state index contributed by atoms with van der Waals surface area (Å²) in [6.07, 6.45) is 1.42. The molecule has 0 aliphatic carbocycles. The van der Waals surface area contributed by atoms with Crippen molar-refractivity contribution in [2.24, 2.45) is 0 Å². The lowest BCUT2D eigenvalue weighted by atomic mass is 10.1. The van der Waals surface area contributed by atoms with E-state index in [1.165, 1.54) is 25.3 Å². The zero-order valence-corrected chi connectivity index (χ0v) is 13.1. The third-order valence-electron chi connectivity index (χ3n) is 3.67. The number of carbonyl (C=O) groups is 1. The molecule has 0 radical (unpaired) electrons. The number of nitrogens with one attached hydrogen (secondary N) is 1. The summed E-state index contributed by atoms with van der Waals surface area (Å²) in [6, 6.07) is 6.45. The van der Waals surface area contributed by atoms with E-state index in [-0.39, 0.29) is 23.6 Å². The minimum Gasteiger partial charge on any atom is -0.469 e. The number of benzene rings is 2. The fraction of sp³-hybridized carbons (Fsp3) is 0.111. The zero-order chi connectivity index (χ0) is 18.0. The molecule has 0 saturated carbocycles. The van der Waals surface area contributed by atoms with E-state index >= 15 is 0 Å². The molecule has 2 aromatic carbocycles. The normalized spacial score (nSPS) is 10.5. The quantitative estimate of drug-likeness (QED) is 0.561. The molecular weight excluding hydrogens is 330 g/mol. The van der Waals surface area contributed by atoms with Gasteiger partial charge in [-0.2, -0.15) is 0 Å². The van der Waals surface area contributed by atoms with Crippen LogP contribution in [0.2, 0.25) is 0 Å². The number of carbonyl (C=O) groups excluding carboxylic acids is 1. The van der Waals surface area contributed by atoms with E-state index in [1.807, 2.05) is 0 Å². The molecule has 1 N–H and O–H groups in total. The molecule has 1 aromatic heterocycles. The van der Waals surface area contributed by atoms with Crippen LogP contribution in [0, 0.1) is 18.2 Å². The highest BCUT2D eigenvalue weighted by atomic mass is 19.1. The standard InChI is InChI=1S/C18H12F2N2O3/c1-21-16-7-10(3-4-13(16)19)25-18-12(8-17(23)24-2)11-5-6-22-15(11)9-14(18)20/h3-7,9,22H,8H2,2H3. The summed E-state index contributed by atoms with van der Waals surface area (Å²) in [6.45, 7) is 6.94. The van der Waals surface area contributed by atoms with Gasteiger partial charge in [0.25, 0.3) is 0 Å². The second-order valence-electron chi connectivity index (χ2n) is 5.18. The Hall–Kier alpha value is -3.40. The molecule has 3 aromatic rings. The van der Waals surface area contributed by atoms with Crippen LogP contribution in [0.4, 0.5) is 14.5 Å². The smallest absolute Gasteiger partial charge is 0.310 e. The van der Waals surface area contributed by atoms with E-state index in [1.54, 1.807) is 12.3 Å². The highest BCUT2D eigenvalue weighted by Gasteiger charge is 2.20. The van der Waals surface area contributed by atoms with Crippen LogP contribution in [0.15, 0.2) is 36.5 Å². The van der Waals surface area contributed by atoms with E-state index in [0.29, 0.717) is 16.5 Å². The number of nitrogens with zero attached hydrogens (tertiary/aromatic N) is 1. The number of methoxy groups -OCH3 is 1. The maximum Gasteiger partial charge on any atom is 0.310 e. The number of rotatable bonds is 4. The van der Waals surface area contributed by atoms with Crippen molar-refractivity contribution < 1.29 is 23.0 Å². The summed E-state index contributed by atoms with van der Waals surface area (Å²) in [5.41, 5.74) is 0.566. The molecule has 0 saturated heterocycles. The van der Waals surface area contributed by atoms with Gasteiger partial charge >= 0.3 is 5.97 Å². The highest BCUT2D eigenvalue weighted by molar-refractivity contribution is 5.89. The van der Waals surface area contributed by atoms with Gasteiger partial charge in [-0.15, -0.1) is 0 Å². The first-order valence-corrected chi connectivity index (χ1v) is 7.23. The first-order valence-electron chi connectivity index (χ1n) is 7.23. The molecule has 0 unspecified atom stereocenters. The van der Waals surface area contributed by atoms with Gasteiger partial charge in [0.1, 0.15) is 11.6 Å². The number of hydrogen-bond donors (Lipinski definition) is 1. The predicted octanol–water partition coefficient (Wildman–Crippen LogP) is 4.50. The van der Waals surface area contributed by atoms with Crippen molar-refractivity contribution in [1.82, 2.24) is 4.98 Å². The number of fused-ring (bicyclic) bond motifs is 1. The summed E-state index contributed by atoms with van der Waals surface area (Å²) in [7, 11) is 1.23. The predicted molar refractivity (Wildman–Crippen MR) is 86.7 cm³/mol. The topological polar surface area (TPSA) is 55.7 Å². The van der Waals surface area contributed by atoms with E-state index in [9.17, 15) is 13.6 Å². The number of aromatic nitrogens is 1. The van der Waals surface area contributed by atoms with Gasteiger partial charge in [0.15, 0.2) is 11.6 Å². The van der Waals surface area contributed by atoms with Crippen LogP contribution in [0.3, 0.4) is 0 Å². The summed E-state index contributed by atoms with van der Waals surface area (Å²) in [5, 5.41) is 0.606. The van der Waals surface area contributed by atoms with Crippen molar-refractivity contribution in [3.05, 3.63) is 65.1 Å². The van der Waals surface area contributed by atoms with Crippen LogP contribution < -0.4 is 4.74 Å². The van der Waals surface area contributed by atoms with Gasteiger partial charge in [-0.3, -0.25) is 4.79 Å². The molecule has 0 amide bonds. The molecule has 0 aliphatic rings. The van der Waals surface area contributed by atoms with E-state index in [2.05, 4.69) is 14.6 Å². The Kier molecular flexibility index (Phi) is 4.35. The number of hydrogen-bond acceptors (Lipinski definition) is 3. The largest absolute Gasteiger partial charge is 0.469 e. The lowest BCUT2D eigenvalue weighted by molar-refractivity contribution is -0.139. The Labute approximate surface area is 141 Å². The van der Waals surface area contributed by atoms with Gasteiger partial charge in [0, 0.05) is 28.7 Å². The SMILES string of the molecule is [C-]#[N+]c1cc(Oc2c(F)cc3[nH]ccc3c2CC(=O)OC)ccc1F. The molecule has 3 rings (SSSR count). The monoisotopic (exact) mass is 342 g/mol. The fourth-order valence-electron chi connectivity index (χ4n) is 2.49. The third-order valence-corrected chi connectivity index (χ3v) is 3.67. The van der Waals surface area contributed by atoms with Crippen molar-refractivity contribution in [2.75, 3.05) is 7.11 Å². The molecule has 7 heteroatoms. The molecule has 0 fully saturated rings. The maximum atomic E-state index is 14.5. The van der Waals surface area contributed by atoms with E-state index < -0.39 is 17.6 Å². The van der Waals surface area contributed by atoms with Crippen LogP contribution in [0.5, 0.6) is 11.5 Å². The second kappa shape index (κ2) is 6.61. The van der Waals surface area contributed by atoms with Gasteiger partial charge in [0.05, 0.1) is 20.1 Å². The Bertz CT molecular complexity index is 1010. The van der Waals surface area contributed by atoms with Crippen LogP contribution in [-0.2, 0) is 16.0 Å². The Morgan fingerprint density at radius 1 is 1.24 bits per heavy atom. The summed E-state index contributed by atoms with van der Waals surface area (Å²) in [5.74, 6) is -2.02. The molecule has 5 nitrogen and oxygen atoms in total. The Morgan fingerprint density at radius 3 is 2.76 bits per heavy atom. The molecule has 0 atom stereocenters. The third kappa shape index (κ3) is 3.15. The molecule has 1 heterocycles. The minimum absolute atomic E-state index is 0.0901. The van der Waals surface area contributed by atoms with E-state index in [4.69, 9.17) is 11.3 Å². The number of H-pyrrole nitrogens is 1. The Morgan fingerprint density at radius 2 is 2.04 bits per heavy atom. The van der Waals surface area contributed by atoms with Gasteiger partial charge in [-0.05, 0) is 24.3 Å². The van der Waals surface area contributed by atoms with Crippen LogP contribution in [0.1, 0.15) is 5.56 Å². The molecule has 0 spiro atoms. The number of halogens is 2. The average molecular weight is 342 g/mol. The van der Waals surface area contributed by atoms with Gasteiger partial charge in [0.2, 0.25) is 5.69 Å². The maximum absolute atomic E-state index is 14.5. The lowest BCUT2D eigenvalue weighted by Crippen LogP contribution is -2.07. The van der Waals surface area contributed by atoms with Crippen molar-refractivity contribution in [3.63, 3.8) is 0 Å².